The molecule has 4 atom stereocenters. The first kappa shape index (κ1) is 34.5. The quantitative estimate of drug-likeness (QED) is 0.147. The van der Waals surface area contributed by atoms with Gasteiger partial charge in [0.2, 0.25) is 5.91 Å². The summed E-state index contributed by atoms with van der Waals surface area (Å²) >= 11 is 19.0. The third-order valence-corrected chi connectivity index (χ3v) is 9.04. The number of hydrogen-bond acceptors (Lipinski definition) is 6. The second kappa shape index (κ2) is 15.3. The fourth-order valence-corrected chi connectivity index (χ4v) is 6.33. The van der Waals surface area contributed by atoms with Crippen molar-refractivity contribution in [2.24, 2.45) is 16.4 Å². The predicted octanol–water partition coefficient (Wildman–Crippen LogP) is 7.82. The second-order valence-corrected chi connectivity index (χ2v) is 12.8. The number of amidine groups is 1. The van der Waals surface area contributed by atoms with Crippen molar-refractivity contribution in [2.75, 3.05) is 11.6 Å². The third kappa shape index (κ3) is 8.07. The summed E-state index contributed by atoms with van der Waals surface area (Å²) in [5.41, 5.74) is 0.234. The first-order valence-electron chi connectivity index (χ1n) is 15.1. The topological polar surface area (TPSA) is 106 Å². The number of amides is 2. The lowest BCUT2D eigenvalue weighted by Gasteiger charge is -2.32. The zero-order chi connectivity index (χ0) is 32.7. The van der Waals surface area contributed by atoms with Gasteiger partial charge in [-0.1, -0.05) is 99.3 Å². The number of anilines is 1. The molecule has 0 saturated carbocycles. The van der Waals surface area contributed by atoms with Crippen LogP contribution in [0.4, 0.5) is 5.69 Å². The fraction of sp³-hybridized carbons (Fsp3) is 0.424. The molecule has 240 valence electrons. The lowest BCUT2D eigenvalue weighted by Crippen LogP contribution is -2.46. The highest BCUT2D eigenvalue weighted by atomic mass is 35.5. The molecule has 45 heavy (non-hydrogen) atoms. The van der Waals surface area contributed by atoms with Crippen LogP contribution in [0.25, 0.3) is 0 Å². The van der Waals surface area contributed by atoms with Gasteiger partial charge >= 0.3 is 5.97 Å². The van der Waals surface area contributed by atoms with E-state index in [2.05, 4.69) is 22.4 Å². The zero-order valence-electron chi connectivity index (χ0n) is 25.8. The molecule has 2 amide bonds. The average Bonchev–Trinajstić information content (AvgIpc) is 3.64. The monoisotopic (exact) mass is 673 g/mol. The van der Waals surface area contributed by atoms with Gasteiger partial charge in [0.05, 0.1) is 22.6 Å². The van der Waals surface area contributed by atoms with E-state index in [9.17, 15) is 14.4 Å². The van der Waals surface area contributed by atoms with Gasteiger partial charge in [-0.05, 0) is 55.4 Å². The number of benzene rings is 2. The van der Waals surface area contributed by atoms with Gasteiger partial charge in [0.1, 0.15) is 5.69 Å². The number of aromatic nitrogens is 2. The Labute approximate surface area is 278 Å². The van der Waals surface area contributed by atoms with Gasteiger partial charge in [-0.15, -0.1) is 5.10 Å². The maximum Gasteiger partial charge on any atom is 0.308 e. The Balaban J connectivity index is 1.63. The Morgan fingerprint density at radius 3 is 2.38 bits per heavy atom. The highest BCUT2D eigenvalue weighted by molar-refractivity contribution is 6.42. The lowest BCUT2D eigenvalue weighted by atomic mass is 9.75. The van der Waals surface area contributed by atoms with Gasteiger partial charge < -0.3 is 10.1 Å². The van der Waals surface area contributed by atoms with Crippen LogP contribution in [0.3, 0.4) is 0 Å². The number of esters is 1. The first-order valence-corrected chi connectivity index (χ1v) is 16.2. The van der Waals surface area contributed by atoms with E-state index in [0.717, 1.165) is 23.4 Å². The van der Waals surface area contributed by atoms with Gasteiger partial charge in [0.15, 0.2) is 11.9 Å². The van der Waals surface area contributed by atoms with E-state index in [4.69, 9.17) is 39.5 Å². The summed E-state index contributed by atoms with van der Waals surface area (Å²) in [5, 5.41) is 13.2. The Kier molecular flexibility index (Phi) is 11.7. The molecule has 1 aliphatic rings. The minimum Gasteiger partial charge on any atom is -0.465 e. The number of unbranched alkanes of at least 4 members (excludes halogenated alkanes) is 1. The van der Waals surface area contributed by atoms with E-state index in [1.165, 1.54) is 23.0 Å². The molecule has 0 bridgehead atoms. The molecule has 9 nitrogen and oxygen atoms in total. The number of carbonyl (C=O) groups is 3. The van der Waals surface area contributed by atoms with E-state index in [0.29, 0.717) is 24.5 Å². The number of halogens is 3. The van der Waals surface area contributed by atoms with Crippen molar-refractivity contribution in [3.63, 3.8) is 0 Å². The Morgan fingerprint density at radius 1 is 1.09 bits per heavy atom. The van der Waals surface area contributed by atoms with Crippen molar-refractivity contribution in [2.45, 2.75) is 71.8 Å². The van der Waals surface area contributed by atoms with Crippen LogP contribution in [0.1, 0.15) is 77.3 Å². The van der Waals surface area contributed by atoms with Crippen LogP contribution < -0.4 is 10.3 Å². The van der Waals surface area contributed by atoms with Crippen LogP contribution >= 0.6 is 34.8 Å². The van der Waals surface area contributed by atoms with Crippen molar-refractivity contribution < 1.29 is 19.1 Å². The van der Waals surface area contributed by atoms with Crippen LogP contribution in [0.2, 0.25) is 15.1 Å². The molecule has 2 heterocycles. The second-order valence-electron chi connectivity index (χ2n) is 11.6. The summed E-state index contributed by atoms with van der Waals surface area (Å²) in [7, 11) is 0. The zero-order valence-corrected chi connectivity index (χ0v) is 28.1. The van der Waals surface area contributed by atoms with Gasteiger partial charge in [0.25, 0.3) is 5.91 Å². The predicted molar refractivity (Wildman–Crippen MR) is 178 cm³/mol. The van der Waals surface area contributed by atoms with E-state index < -0.39 is 23.3 Å². The highest BCUT2D eigenvalue weighted by Gasteiger charge is 2.44. The minimum atomic E-state index is -1.08. The number of carbonyl (C=O) groups excluding carboxylic acids is 3. The number of rotatable bonds is 13. The van der Waals surface area contributed by atoms with Crippen molar-refractivity contribution in [1.82, 2.24) is 15.1 Å². The molecule has 1 aromatic heterocycles. The van der Waals surface area contributed by atoms with Crippen molar-refractivity contribution in [3.05, 3.63) is 81.6 Å². The van der Waals surface area contributed by atoms with Gasteiger partial charge in [-0.2, -0.15) is 10.1 Å². The lowest BCUT2D eigenvalue weighted by molar-refractivity contribution is -0.151. The SMILES string of the molecule is CCCCOC(=O)C(CC(C)c1ccccc1)CC(C)(CC)C(=O)NC1=NN(c2c(Cl)cc(Cl)cc2Cl)C(=O)C1n1cccn1. The number of ether oxygens (including phenoxy) is 1. The standard InChI is InChI=1S/C33H38Cl3N5O4/c1-5-7-16-45-31(43)23(17-21(3)22-12-9-8-10-13-22)20-33(4,6-2)32(44)38-29-28(40-15-11-14-37-40)30(42)41(39-29)27-25(35)18-24(34)19-26(27)36/h8-15,18-19,21,23,28H,5-7,16-17,20H2,1-4H3,(H,38,39,44). The fourth-order valence-electron chi connectivity index (χ4n) is 5.36. The first-order chi connectivity index (χ1) is 21.5. The Bertz CT molecular complexity index is 1510. The molecule has 0 radical (unpaired) electrons. The summed E-state index contributed by atoms with van der Waals surface area (Å²) in [6.07, 6.45) is 5.96. The molecule has 0 saturated heterocycles. The van der Waals surface area contributed by atoms with Crippen LogP contribution in [-0.4, -0.2) is 40.0 Å². The summed E-state index contributed by atoms with van der Waals surface area (Å²) in [4.78, 5) is 41.2. The molecule has 1 aliphatic heterocycles. The van der Waals surface area contributed by atoms with E-state index in [1.807, 2.05) is 51.1 Å². The Morgan fingerprint density at radius 2 is 1.78 bits per heavy atom. The summed E-state index contributed by atoms with van der Waals surface area (Å²) < 4.78 is 7.07. The number of hydrogen-bond donors (Lipinski definition) is 1. The maximum absolute atomic E-state index is 14.1. The van der Waals surface area contributed by atoms with E-state index in [-0.39, 0.29) is 45.8 Å². The molecule has 0 aliphatic carbocycles. The molecular weight excluding hydrogens is 637 g/mol. The molecule has 2 aromatic carbocycles. The van der Waals surface area contributed by atoms with Crippen molar-refractivity contribution >= 4 is 64.1 Å². The van der Waals surface area contributed by atoms with Crippen LogP contribution in [0.5, 0.6) is 0 Å². The smallest absolute Gasteiger partial charge is 0.308 e. The molecule has 0 fully saturated rings. The molecule has 12 heteroatoms. The summed E-state index contributed by atoms with van der Waals surface area (Å²) in [5.74, 6) is -1.66. The van der Waals surface area contributed by atoms with Gasteiger partial charge in [0, 0.05) is 22.8 Å². The molecule has 4 rings (SSSR count). The largest absolute Gasteiger partial charge is 0.465 e. The normalized spacial score (nSPS) is 17.4. The molecular formula is C33H38Cl3N5O4. The molecule has 0 spiro atoms. The third-order valence-electron chi connectivity index (χ3n) is 8.24. The molecule has 4 unspecified atom stereocenters. The van der Waals surface area contributed by atoms with E-state index >= 15 is 0 Å². The maximum atomic E-state index is 14.1. The van der Waals surface area contributed by atoms with Gasteiger partial charge in [-0.25, -0.2) is 0 Å². The van der Waals surface area contributed by atoms with Crippen molar-refractivity contribution in [3.8, 4) is 0 Å². The number of nitrogens with one attached hydrogen (secondary N) is 1. The molecule has 1 N–H and O–H groups in total. The highest BCUT2D eigenvalue weighted by Crippen LogP contribution is 2.40. The summed E-state index contributed by atoms with van der Waals surface area (Å²) in [6.45, 7) is 8.14. The van der Waals surface area contributed by atoms with E-state index in [1.54, 1.807) is 12.3 Å². The number of hydrazone groups is 1. The minimum absolute atomic E-state index is 0.0511. The summed E-state index contributed by atoms with van der Waals surface area (Å²) in [6, 6.07) is 13.4. The average molecular weight is 675 g/mol. The van der Waals surface area contributed by atoms with Crippen LogP contribution in [-0.2, 0) is 19.1 Å². The van der Waals surface area contributed by atoms with Gasteiger partial charge in [-0.3, -0.25) is 19.1 Å². The van der Waals surface area contributed by atoms with Crippen molar-refractivity contribution in [1.29, 1.82) is 0 Å². The van der Waals surface area contributed by atoms with Crippen LogP contribution in [0, 0.1) is 11.3 Å². The molecule has 3 aromatic rings. The number of nitrogens with zero attached hydrogens (tertiary/aromatic N) is 4. The van der Waals surface area contributed by atoms with Crippen LogP contribution in [0.15, 0.2) is 66.0 Å². The Hall–Kier alpha value is -3.40.